The van der Waals surface area contributed by atoms with Crippen LogP contribution in [-0.4, -0.2) is 5.75 Å². The van der Waals surface area contributed by atoms with Gasteiger partial charge >= 0.3 is 0 Å². The Hall–Kier alpha value is -0.940. The van der Waals surface area contributed by atoms with Crippen LogP contribution in [0.5, 0.6) is 0 Å². The molecule has 1 aromatic carbocycles. The Bertz CT molecular complexity index is 365. The summed E-state index contributed by atoms with van der Waals surface area (Å²) < 4.78 is 0. The van der Waals surface area contributed by atoms with Crippen LogP contribution in [0.2, 0.25) is 0 Å². The number of hydrogen-bond donors (Lipinski definition) is 0. The number of thiocyanates is 1. The van der Waals surface area contributed by atoms with E-state index in [4.69, 9.17) is 5.26 Å². The molecule has 0 fully saturated rings. The number of aryl methyl sites for hydroxylation is 3. The molecule has 1 aromatic rings. The monoisotopic (exact) mass is 233 g/mol. The van der Waals surface area contributed by atoms with Gasteiger partial charge in [-0.2, -0.15) is 5.26 Å². The van der Waals surface area contributed by atoms with Crippen LogP contribution in [-0.2, 0) is 19.3 Å². The number of hydrogen-bond acceptors (Lipinski definition) is 2. The lowest BCUT2D eigenvalue weighted by atomic mass is 9.98. The Morgan fingerprint density at radius 3 is 2.62 bits per heavy atom. The average molecular weight is 233 g/mol. The summed E-state index contributed by atoms with van der Waals surface area (Å²) in [4.78, 5) is 0. The maximum Gasteiger partial charge on any atom is 0.133 e. The van der Waals surface area contributed by atoms with Crippen molar-refractivity contribution in [3.63, 3.8) is 0 Å². The van der Waals surface area contributed by atoms with E-state index in [1.165, 1.54) is 28.5 Å². The predicted octanol–water partition coefficient (Wildman–Crippen LogP) is 3.96. The maximum absolute atomic E-state index is 8.46. The van der Waals surface area contributed by atoms with Crippen molar-refractivity contribution in [2.75, 3.05) is 5.75 Å². The number of nitriles is 1. The molecule has 1 rings (SSSR count). The maximum atomic E-state index is 8.46. The van der Waals surface area contributed by atoms with Crippen LogP contribution >= 0.6 is 11.8 Å². The van der Waals surface area contributed by atoms with E-state index in [1.54, 1.807) is 0 Å². The van der Waals surface area contributed by atoms with E-state index in [-0.39, 0.29) is 0 Å². The van der Waals surface area contributed by atoms with Crippen molar-refractivity contribution in [2.24, 2.45) is 0 Å². The van der Waals surface area contributed by atoms with E-state index in [2.05, 4.69) is 37.4 Å². The predicted molar refractivity (Wildman–Crippen MR) is 71.6 cm³/mol. The van der Waals surface area contributed by atoms with Crippen LogP contribution < -0.4 is 0 Å². The summed E-state index contributed by atoms with van der Waals surface area (Å²) in [7, 11) is 0. The minimum atomic E-state index is 0.940. The lowest BCUT2D eigenvalue weighted by Gasteiger charge is -2.09. The van der Waals surface area contributed by atoms with Crippen molar-refractivity contribution >= 4 is 11.8 Å². The van der Waals surface area contributed by atoms with Gasteiger partial charge in [0.15, 0.2) is 0 Å². The zero-order valence-corrected chi connectivity index (χ0v) is 10.9. The highest BCUT2D eigenvalue weighted by molar-refractivity contribution is 8.03. The lowest BCUT2D eigenvalue weighted by molar-refractivity contribution is 0.904. The molecule has 0 aliphatic heterocycles. The molecule has 0 radical (unpaired) electrons. The van der Waals surface area contributed by atoms with E-state index in [1.807, 2.05) is 0 Å². The summed E-state index contributed by atoms with van der Waals surface area (Å²) in [5.74, 6) is 0.940. The second-order valence-corrected chi connectivity index (χ2v) is 4.73. The average Bonchev–Trinajstić information content (AvgIpc) is 2.34. The summed E-state index contributed by atoms with van der Waals surface area (Å²) in [6, 6.07) is 6.81. The Balaban J connectivity index is 2.64. The number of benzene rings is 1. The van der Waals surface area contributed by atoms with Gasteiger partial charge in [-0.05, 0) is 54.1 Å². The molecule has 0 saturated heterocycles. The fourth-order valence-electron chi connectivity index (χ4n) is 1.86. The van der Waals surface area contributed by atoms with Crippen LogP contribution in [0.25, 0.3) is 0 Å². The molecule has 0 unspecified atom stereocenters. The standard InChI is InChI=1S/C14H19NS/c1-3-12-7-8-13(4-2)14(10-12)6-5-9-16-11-15/h7-8,10H,3-6,9H2,1-2H3. The van der Waals surface area contributed by atoms with E-state index < -0.39 is 0 Å². The third-order valence-electron chi connectivity index (χ3n) is 2.82. The summed E-state index contributed by atoms with van der Waals surface area (Å²) in [5.41, 5.74) is 4.35. The van der Waals surface area contributed by atoms with Crippen molar-refractivity contribution in [3.05, 3.63) is 34.9 Å². The van der Waals surface area contributed by atoms with Crippen molar-refractivity contribution in [3.8, 4) is 5.40 Å². The van der Waals surface area contributed by atoms with Crippen LogP contribution in [0, 0.1) is 10.7 Å². The van der Waals surface area contributed by atoms with Crippen molar-refractivity contribution < 1.29 is 0 Å². The van der Waals surface area contributed by atoms with E-state index in [9.17, 15) is 0 Å². The summed E-state index contributed by atoms with van der Waals surface area (Å²) >= 11 is 1.36. The van der Waals surface area contributed by atoms with Crippen molar-refractivity contribution in [2.45, 2.75) is 39.5 Å². The Morgan fingerprint density at radius 1 is 1.19 bits per heavy atom. The van der Waals surface area contributed by atoms with Gasteiger partial charge in [0.1, 0.15) is 5.40 Å². The van der Waals surface area contributed by atoms with Gasteiger partial charge < -0.3 is 0 Å². The van der Waals surface area contributed by atoms with Gasteiger partial charge in [0.2, 0.25) is 0 Å². The molecule has 0 aliphatic rings. The fraction of sp³-hybridized carbons (Fsp3) is 0.500. The highest BCUT2D eigenvalue weighted by Gasteiger charge is 2.02. The van der Waals surface area contributed by atoms with Crippen LogP contribution in [0.15, 0.2) is 18.2 Å². The van der Waals surface area contributed by atoms with Crippen LogP contribution in [0.3, 0.4) is 0 Å². The topological polar surface area (TPSA) is 23.8 Å². The molecule has 0 saturated carbocycles. The third-order valence-corrected chi connectivity index (χ3v) is 3.44. The van der Waals surface area contributed by atoms with Gasteiger partial charge in [-0.15, -0.1) is 0 Å². The first-order valence-electron chi connectivity index (χ1n) is 5.93. The fourth-order valence-corrected chi connectivity index (χ4v) is 2.24. The van der Waals surface area contributed by atoms with E-state index >= 15 is 0 Å². The molecule has 0 aromatic heterocycles. The van der Waals surface area contributed by atoms with Gasteiger partial charge in [-0.25, -0.2) is 0 Å². The zero-order valence-electron chi connectivity index (χ0n) is 10.1. The quantitative estimate of drug-likeness (QED) is 0.548. The molecule has 0 heterocycles. The normalized spacial score (nSPS) is 10.1. The van der Waals surface area contributed by atoms with E-state index in [0.29, 0.717) is 0 Å². The molecule has 16 heavy (non-hydrogen) atoms. The highest BCUT2D eigenvalue weighted by Crippen LogP contribution is 2.16. The molecule has 0 aliphatic carbocycles. The number of rotatable bonds is 6. The molecule has 0 amide bonds. The number of nitrogens with zero attached hydrogens (tertiary/aromatic N) is 1. The molecule has 1 nitrogen and oxygen atoms in total. The summed E-state index contributed by atoms with van der Waals surface area (Å²) in [5, 5.41) is 10.6. The molecule has 86 valence electrons. The Kier molecular flexibility index (Phi) is 6.03. The Morgan fingerprint density at radius 2 is 2.00 bits per heavy atom. The highest BCUT2D eigenvalue weighted by atomic mass is 32.2. The number of thioether (sulfide) groups is 1. The SMILES string of the molecule is CCc1ccc(CC)c(CCCSC#N)c1. The molecule has 0 atom stereocenters. The first kappa shape index (κ1) is 13.1. The molecule has 0 spiro atoms. The summed E-state index contributed by atoms with van der Waals surface area (Å²) in [6.07, 6.45) is 4.40. The smallest absolute Gasteiger partial charge is 0.133 e. The van der Waals surface area contributed by atoms with Gasteiger partial charge in [0.25, 0.3) is 0 Å². The van der Waals surface area contributed by atoms with Gasteiger partial charge in [-0.3, -0.25) is 0 Å². The molecule has 0 bridgehead atoms. The Labute approximate surface area is 103 Å². The minimum Gasteiger partial charge on any atom is -0.185 e. The van der Waals surface area contributed by atoms with Crippen LogP contribution in [0.1, 0.15) is 37.0 Å². The van der Waals surface area contributed by atoms with Crippen LogP contribution in [0.4, 0.5) is 0 Å². The second kappa shape index (κ2) is 7.35. The zero-order chi connectivity index (χ0) is 11.8. The summed E-state index contributed by atoms with van der Waals surface area (Å²) in [6.45, 7) is 4.39. The second-order valence-electron chi connectivity index (χ2n) is 3.85. The molecule has 0 N–H and O–H groups in total. The van der Waals surface area contributed by atoms with Gasteiger partial charge in [0.05, 0.1) is 0 Å². The van der Waals surface area contributed by atoms with Crippen molar-refractivity contribution in [1.29, 1.82) is 5.26 Å². The minimum absolute atomic E-state index is 0.940. The third kappa shape index (κ3) is 3.90. The van der Waals surface area contributed by atoms with Gasteiger partial charge in [-0.1, -0.05) is 32.0 Å². The lowest BCUT2D eigenvalue weighted by Crippen LogP contribution is -1.96. The molecular weight excluding hydrogens is 214 g/mol. The molecular formula is C14H19NS. The largest absolute Gasteiger partial charge is 0.185 e. The first-order valence-corrected chi connectivity index (χ1v) is 6.91. The first-order chi connectivity index (χ1) is 7.81. The van der Waals surface area contributed by atoms with E-state index in [0.717, 1.165) is 31.4 Å². The molecule has 2 heteroatoms. The van der Waals surface area contributed by atoms with Gasteiger partial charge in [0, 0.05) is 5.75 Å². The van der Waals surface area contributed by atoms with Crippen molar-refractivity contribution in [1.82, 2.24) is 0 Å².